The van der Waals surface area contributed by atoms with Crippen molar-refractivity contribution in [2.45, 2.75) is 25.9 Å². The number of carbonyl (C=O) groups excluding carboxylic acids is 1. The molecule has 0 heterocycles. The van der Waals surface area contributed by atoms with Crippen LogP contribution in [0.25, 0.3) is 0 Å². The molecular weight excluding hydrogens is 216 g/mol. The fourth-order valence-electron chi connectivity index (χ4n) is 1.40. The summed E-state index contributed by atoms with van der Waals surface area (Å²) in [5.74, 6) is -0.311. The van der Waals surface area contributed by atoms with Crippen LogP contribution in [0, 0.1) is 11.3 Å². The van der Waals surface area contributed by atoms with E-state index in [1.54, 1.807) is 26.0 Å². The number of rotatable bonds is 4. The van der Waals surface area contributed by atoms with Crippen molar-refractivity contribution in [3.05, 3.63) is 35.4 Å². The number of esters is 1. The lowest BCUT2D eigenvalue weighted by Gasteiger charge is -2.23. The maximum atomic E-state index is 11.4. The van der Waals surface area contributed by atoms with Gasteiger partial charge < -0.3 is 4.74 Å². The minimum atomic E-state index is -0.739. The fraction of sp³-hybridized carbons (Fsp3) is 0.385. The first kappa shape index (κ1) is 13.2. The van der Waals surface area contributed by atoms with Crippen LogP contribution in [-0.4, -0.2) is 18.6 Å². The predicted octanol–water partition coefficient (Wildman–Crippen LogP) is 1.60. The molecule has 0 amide bonds. The Morgan fingerprint density at radius 2 is 2.24 bits per heavy atom. The molecule has 0 radical (unpaired) electrons. The van der Waals surface area contributed by atoms with Gasteiger partial charge in [0.05, 0.1) is 18.7 Å². The van der Waals surface area contributed by atoms with Crippen LogP contribution in [0.3, 0.4) is 0 Å². The molecule has 0 atom stereocenters. The molecule has 0 aliphatic carbocycles. The molecular formula is C13H16N2O2. The smallest absolute Gasteiger partial charge is 0.325 e. The molecule has 0 saturated carbocycles. The molecule has 17 heavy (non-hydrogen) atoms. The first-order valence-electron chi connectivity index (χ1n) is 5.32. The predicted molar refractivity (Wildman–Crippen MR) is 64.1 cm³/mol. The van der Waals surface area contributed by atoms with Crippen LogP contribution in [0.1, 0.15) is 25.0 Å². The van der Waals surface area contributed by atoms with E-state index in [-0.39, 0.29) is 5.97 Å². The normalized spacial score (nSPS) is 10.7. The maximum absolute atomic E-state index is 11.4. The quantitative estimate of drug-likeness (QED) is 0.801. The van der Waals surface area contributed by atoms with Crippen LogP contribution in [0.15, 0.2) is 24.3 Å². The zero-order valence-corrected chi connectivity index (χ0v) is 10.3. The Balaban J connectivity index is 2.67. The Morgan fingerprint density at radius 1 is 1.53 bits per heavy atom. The number of hydrogen-bond donors (Lipinski definition) is 1. The second-order valence-corrected chi connectivity index (χ2v) is 4.28. The van der Waals surface area contributed by atoms with Crippen LogP contribution >= 0.6 is 0 Å². The van der Waals surface area contributed by atoms with Gasteiger partial charge in [0.1, 0.15) is 5.54 Å². The number of benzene rings is 1. The van der Waals surface area contributed by atoms with Gasteiger partial charge in [-0.25, -0.2) is 0 Å². The van der Waals surface area contributed by atoms with Crippen molar-refractivity contribution in [2.75, 3.05) is 7.11 Å². The van der Waals surface area contributed by atoms with E-state index in [2.05, 4.69) is 11.4 Å². The number of hydrogen-bond acceptors (Lipinski definition) is 4. The van der Waals surface area contributed by atoms with Gasteiger partial charge in [-0.1, -0.05) is 12.1 Å². The molecule has 0 fully saturated rings. The molecule has 90 valence electrons. The zero-order valence-electron chi connectivity index (χ0n) is 10.3. The molecule has 0 spiro atoms. The van der Waals surface area contributed by atoms with Crippen molar-refractivity contribution in [3.8, 4) is 6.07 Å². The number of carbonyl (C=O) groups is 1. The first-order valence-corrected chi connectivity index (χ1v) is 5.32. The monoisotopic (exact) mass is 232 g/mol. The Kier molecular flexibility index (Phi) is 4.24. The number of ether oxygens (including phenoxy) is 1. The van der Waals surface area contributed by atoms with Gasteiger partial charge in [-0.3, -0.25) is 10.1 Å². The SMILES string of the molecule is COC(=O)C(C)(C)NCc1cccc(C#N)c1. The minimum absolute atomic E-state index is 0.311. The Labute approximate surface area is 101 Å². The van der Waals surface area contributed by atoms with Crippen LogP contribution < -0.4 is 5.32 Å². The van der Waals surface area contributed by atoms with Gasteiger partial charge in [-0.15, -0.1) is 0 Å². The first-order chi connectivity index (χ1) is 7.99. The third kappa shape index (κ3) is 3.58. The van der Waals surface area contributed by atoms with Crippen LogP contribution in [-0.2, 0) is 16.1 Å². The highest BCUT2D eigenvalue weighted by Gasteiger charge is 2.27. The van der Waals surface area contributed by atoms with E-state index >= 15 is 0 Å². The third-order valence-corrected chi connectivity index (χ3v) is 2.49. The number of methoxy groups -OCH3 is 1. The van der Waals surface area contributed by atoms with Crippen molar-refractivity contribution < 1.29 is 9.53 Å². The van der Waals surface area contributed by atoms with Gasteiger partial charge in [0, 0.05) is 6.54 Å². The summed E-state index contributed by atoms with van der Waals surface area (Å²) >= 11 is 0. The van der Waals surface area contributed by atoms with Gasteiger partial charge in [-0.2, -0.15) is 5.26 Å². The van der Waals surface area contributed by atoms with Gasteiger partial charge >= 0.3 is 5.97 Å². The van der Waals surface area contributed by atoms with Gasteiger partial charge in [0.25, 0.3) is 0 Å². The van der Waals surface area contributed by atoms with Crippen LogP contribution in [0.4, 0.5) is 0 Å². The summed E-state index contributed by atoms with van der Waals surface area (Å²) in [5, 5.41) is 11.9. The van der Waals surface area contributed by atoms with Crippen LogP contribution in [0.2, 0.25) is 0 Å². The summed E-state index contributed by atoms with van der Waals surface area (Å²) in [6.45, 7) is 4.03. The maximum Gasteiger partial charge on any atom is 0.325 e. The van der Waals surface area contributed by atoms with E-state index in [1.807, 2.05) is 12.1 Å². The van der Waals surface area contributed by atoms with Crippen LogP contribution in [0.5, 0.6) is 0 Å². The molecule has 4 nitrogen and oxygen atoms in total. The average molecular weight is 232 g/mol. The summed E-state index contributed by atoms with van der Waals surface area (Å²) in [7, 11) is 1.36. The second kappa shape index (κ2) is 5.46. The average Bonchev–Trinajstić information content (AvgIpc) is 2.35. The molecule has 1 aromatic rings. The number of nitriles is 1. The molecule has 1 aromatic carbocycles. The Hall–Kier alpha value is -1.86. The highest BCUT2D eigenvalue weighted by atomic mass is 16.5. The van der Waals surface area contributed by atoms with E-state index in [9.17, 15) is 4.79 Å². The highest BCUT2D eigenvalue weighted by Crippen LogP contribution is 2.09. The summed E-state index contributed by atoms with van der Waals surface area (Å²) in [6, 6.07) is 9.34. The van der Waals surface area contributed by atoms with Crippen molar-refractivity contribution in [2.24, 2.45) is 0 Å². The van der Waals surface area contributed by atoms with E-state index in [1.165, 1.54) is 7.11 Å². The molecule has 1 rings (SSSR count). The van der Waals surface area contributed by atoms with Gasteiger partial charge in [0.2, 0.25) is 0 Å². The molecule has 4 heteroatoms. The summed E-state index contributed by atoms with van der Waals surface area (Å²) in [5.41, 5.74) is 0.832. The molecule has 0 saturated heterocycles. The Bertz CT molecular complexity index is 447. The Morgan fingerprint density at radius 3 is 2.82 bits per heavy atom. The third-order valence-electron chi connectivity index (χ3n) is 2.49. The minimum Gasteiger partial charge on any atom is -0.468 e. The molecule has 0 aliphatic rings. The molecule has 0 aliphatic heterocycles. The van der Waals surface area contributed by atoms with E-state index in [4.69, 9.17) is 10.00 Å². The molecule has 0 aromatic heterocycles. The molecule has 1 N–H and O–H groups in total. The molecule has 0 unspecified atom stereocenters. The summed E-state index contributed by atoms with van der Waals surface area (Å²) in [4.78, 5) is 11.4. The van der Waals surface area contributed by atoms with E-state index in [0.717, 1.165) is 5.56 Å². The van der Waals surface area contributed by atoms with E-state index in [0.29, 0.717) is 12.1 Å². The van der Waals surface area contributed by atoms with Crippen molar-refractivity contribution in [1.82, 2.24) is 5.32 Å². The lowest BCUT2D eigenvalue weighted by molar-refractivity contribution is -0.147. The topological polar surface area (TPSA) is 62.1 Å². The lowest BCUT2D eigenvalue weighted by atomic mass is 10.0. The van der Waals surface area contributed by atoms with Gasteiger partial charge in [-0.05, 0) is 31.5 Å². The van der Waals surface area contributed by atoms with E-state index < -0.39 is 5.54 Å². The van der Waals surface area contributed by atoms with Crippen molar-refractivity contribution in [3.63, 3.8) is 0 Å². The fourth-order valence-corrected chi connectivity index (χ4v) is 1.40. The van der Waals surface area contributed by atoms with Crippen molar-refractivity contribution >= 4 is 5.97 Å². The molecule has 0 bridgehead atoms. The highest BCUT2D eigenvalue weighted by molar-refractivity contribution is 5.79. The summed E-state index contributed by atoms with van der Waals surface area (Å²) in [6.07, 6.45) is 0. The van der Waals surface area contributed by atoms with Gasteiger partial charge in [0.15, 0.2) is 0 Å². The summed E-state index contributed by atoms with van der Waals surface area (Å²) < 4.78 is 4.69. The number of nitrogens with one attached hydrogen (secondary N) is 1. The van der Waals surface area contributed by atoms with Crippen molar-refractivity contribution in [1.29, 1.82) is 5.26 Å². The zero-order chi connectivity index (χ0) is 12.9. The lowest BCUT2D eigenvalue weighted by Crippen LogP contribution is -2.46. The standard InChI is InChI=1S/C13H16N2O2/c1-13(2,12(16)17-3)15-9-11-6-4-5-10(7-11)8-14/h4-7,15H,9H2,1-3H3. The largest absolute Gasteiger partial charge is 0.468 e. The number of nitrogens with zero attached hydrogens (tertiary/aromatic N) is 1. The second-order valence-electron chi connectivity index (χ2n) is 4.28.